The Morgan fingerprint density at radius 1 is 0.972 bits per heavy atom. The molecule has 0 amide bonds. The Morgan fingerprint density at radius 3 is 2.39 bits per heavy atom. The lowest BCUT2D eigenvalue weighted by Gasteiger charge is -2.16. The van der Waals surface area contributed by atoms with Crippen LogP contribution in [0.15, 0.2) is 72.1 Å². The van der Waals surface area contributed by atoms with Gasteiger partial charge in [-0.2, -0.15) is 0 Å². The summed E-state index contributed by atoms with van der Waals surface area (Å²) in [5.74, 6) is 1.02. The Morgan fingerprint density at radius 2 is 1.72 bits per heavy atom. The van der Waals surface area contributed by atoms with Gasteiger partial charge in [0.1, 0.15) is 11.6 Å². The third kappa shape index (κ3) is 5.79. The summed E-state index contributed by atoms with van der Waals surface area (Å²) in [5.41, 5.74) is 2.37. The van der Waals surface area contributed by atoms with E-state index in [2.05, 4.69) is 33.5 Å². The number of hydrogen-bond acceptors (Lipinski definition) is 5. The molecule has 0 spiro atoms. The van der Waals surface area contributed by atoms with Crippen LogP contribution in [0.1, 0.15) is 50.6 Å². The average molecular weight is 508 g/mol. The molecule has 2 heterocycles. The number of benzene rings is 2. The maximum atomic E-state index is 15.3. The van der Waals surface area contributed by atoms with E-state index in [1.54, 1.807) is 36.5 Å². The Kier molecular flexibility index (Phi) is 7.49. The largest absolute Gasteiger partial charge is 0.330 e. The molecule has 0 radical (unpaired) electrons. The third-order valence-electron chi connectivity index (χ3n) is 5.74. The summed E-state index contributed by atoms with van der Waals surface area (Å²) in [6.45, 7) is 8.60. The van der Waals surface area contributed by atoms with E-state index in [-0.39, 0.29) is 16.8 Å². The van der Waals surface area contributed by atoms with Crippen LogP contribution in [-0.2, 0) is 23.0 Å². The summed E-state index contributed by atoms with van der Waals surface area (Å²) in [6.07, 6.45) is 7.22. The van der Waals surface area contributed by atoms with E-state index in [9.17, 15) is 8.42 Å². The first-order valence-corrected chi connectivity index (χ1v) is 13.3. The van der Waals surface area contributed by atoms with Gasteiger partial charge in [-0.1, -0.05) is 45.9 Å². The van der Waals surface area contributed by atoms with Crippen LogP contribution in [0.2, 0.25) is 0 Å². The van der Waals surface area contributed by atoms with Crippen molar-refractivity contribution in [2.24, 2.45) is 5.92 Å². The Labute approximate surface area is 211 Å². The van der Waals surface area contributed by atoms with Crippen LogP contribution in [-0.4, -0.2) is 27.9 Å². The van der Waals surface area contributed by atoms with Crippen LogP contribution in [0.3, 0.4) is 0 Å². The third-order valence-corrected chi connectivity index (χ3v) is 7.12. The van der Waals surface area contributed by atoms with Crippen molar-refractivity contribution in [3.05, 3.63) is 90.0 Å². The zero-order valence-electron chi connectivity index (χ0n) is 20.8. The number of hydrogen-bond donors (Lipinski definition) is 1. The molecule has 1 N–H and O–H groups in total. The van der Waals surface area contributed by atoms with Gasteiger partial charge in [0.05, 0.1) is 11.4 Å². The smallest absolute Gasteiger partial charge is 0.264 e. The lowest BCUT2D eigenvalue weighted by Crippen LogP contribution is -2.16. The molecule has 0 saturated heterocycles. The van der Waals surface area contributed by atoms with Gasteiger partial charge in [-0.05, 0) is 47.7 Å². The quantitative estimate of drug-likeness (QED) is 0.316. The van der Waals surface area contributed by atoms with E-state index in [4.69, 9.17) is 0 Å². The topological polar surface area (TPSA) is 89.8 Å². The van der Waals surface area contributed by atoms with Gasteiger partial charge in [0.15, 0.2) is 0 Å². The Bertz CT molecular complexity index is 1450. The summed E-state index contributed by atoms with van der Waals surface area (Å²) >= 11 is 0. The fourth-order valence-electron chi connectivity index (χ4n) is 4.14. The SMILES string of the molecule is CC(C)Cc1ccc(S(=O)(=O)Nc2ncccn2)c(-c2ccc(Cn3ccnc3C(C)C)c(F)c2)c1. The highest BCUT2D eigenvalue weighted by molar-refractivity contribution is 7.92. The van der Waals surface area contributed by atoms with Gasteiger partial charge in [0, 0.05) is 41.8 Å². The lowest BCUT2D eigenvalue weighted by molar-refractivity contribution is 0.588. The minimum atomic E-state index is -4.03. The highest BCUT2D eigenvalue weighted by Crippen LogP contribution is 2.32. The molecule has 0 aliphatic carbocycles. The molecule has 4 rings (SSSR count). The normalized spacial score (nSPS) is 11.9. The van der Waals surface area contributed by atoms with Crippen molar-refractivity contribution in [3.63, 3.8) is 0 Å². The number of nitrogens with zero attached hydrogens (tertiary/aromatic N) is 4. The second-order valence-electron chi connectivity index (χ2n) is 9.48. The number of imidazole rings is 1. The highest BCUT2D eigenvalue weighted by Gasteiger charge is 2.22. The second kappa shape index (κ2) is 10.6. The number of aromatic nitrogens is 4. The maximum Gasteiger partial charge on any atom is 0.264 e. The maximum absolute atomic E-state index is 15.3. The molecule has 7 nitrogen and oxygen atoms in total. The summed E-state index contributed by atoms with van der Waals surface area (Å²) < 4.78 is 46.3. The fourth-order valence-corrected chi connectivity index (χ4v) is 5.31. The van der Waals surface area contributed by atoms with Crippen molar-refractivity contribution >= 4 is 16.0 Å². The van der Waals surface area contributed by atoms with Gasteiger partial charge in [-0.15, -0.1) is 0 Å². The minimum Gasteiger partial charge on any atom is -0.330 e. The van der Waals surface area contributed by atoms with Gasteiger partial charge >= 0.3 is 0 Å². The van der Waals surface area contributed by atoms with Gasteiger partial charge in [0.25, 0.3) is 10.0 Å². The molecule has 188 valence electrons. The molecule has 0 fully saturated rings. The second-order valence-corrected chi connectivity index (χ2v) is 11.1. The molecule has 36 heavy (non-hydrogen) atoms. The first-order chi connectivity index (χ1) is 17.1. The molecule has 0 bridgehead atoms. The van der Waals surface area contributed by atoms with E-state index in [0.29, 0.717) is 29.2 Å². The van der Waals surface area contributed by atoms with Gasteiger partial charge in [-0.25, -0.2) is 32.5 Å². The molecule has 4 aromatic rings. The van der Waals surface area contributed by atoms with Crippen LogP contribution < -0.4 is 4.72 Å². The molecular formula is C27H30FN5O2S. The fraction of sp³-hybridized carbons (Fsp3) is 0.296. The number of rotatable bonds is 9. The van der Waals surface area contributed by atoms with Crippen molar-refractivity contribution in [2.75, 3.05) is 4.72 Å². The van der Waals surface area contributed by atoms with Crippen molar-refractivity contribution in [1.82, 2.24) is 19.5 Å². The van der Waals surface area contributed by atoms with Gasteiger partial charge in [-0.3, -0.25) is 0 Å². The molecule has 0 unspecified atom stereocenters. The molecular weight excluding hydrogens is 477 g/mol. The van der Waals surface area contributed by atoms with Crippen LogP contribution in [0.25, 0.3) is 11.1 Å². The van der Waals surface area contributed by atoms with Crippen LogP contribution in [0.5, 0.6) is 0 Å². The van der Waals surface area contributed by atoms with E-state index in [1.807, 2.05) is 30.7 Å². The van der Waals surface area contributed by atoms with E-state index in [0.717, 1.165) is 17.8 Å². The van der Waals surface area contributed by atoms with Crippen LogP contribution in [0, 0.1) is 11.7 Å². The number of sulfonamides is 1. The predicted molar refractivity (Wildman–Crippen MR) is 139 cm³/mol. The van der Waals surface area contributed by atoms with Crippen molar-refractivity contribution < 1.29 is 12.8 Å². The zero-order chi connectivity index (χ0) is 25.9. The summed E-state index contributed by atoms with van der Waals surface area (Å²) in [4.78, 5) is 12.3. The van der Waals surface area contributed by atoms with Crippen molar-refractivity contribution in [1.29, 1.82) is 0 Å². The van der Waals surface area contributed by atoms with Crippen molar-refractivity contribution in [2.45, 2.75) is 51.5 Å². The molecule has 0 saturated carbocycles. The number of halogens is 1. The highest BCUT2D eigenvalue weighted by atomic mass is 32.2. The van der Waals surface area contributed by atoms with E-state index >= 15 is 4.39 Å². The minimum absolute atomic E-state index is 0.0301. The summed E-state index contributed by atoms with van der Waals surface area (Å²) in [5, 5.41) is 0. The molecule has 0 aliphatic rings. The monoisotopic (exact) mass is 507 g/mol. The van der Waals surface area contributed by atoms with Gasteiger partial charge in [0.2, 0.25) is 5.95 Å². The molecule has 9 heteroatoms. The summed E-state index contributed by atoms with van der Waals surface area (Å²) in [7, 11) is -4.03. The number of nitrogens with one attached hydrogen (secondary N) is 1. The standard InChI is InChI=1S/C27H30FN5O2S/c1-18(2)14-20-6-9-25(36(34,35)32-27-30-10-5-11-31-27)23(15-20)21-7-8-22(24(28)16-21)17-33-13-12-29-26(33)19(3)4/h5-13,15-16,18-19H,14,17H2,1-4H3,(H,30,31,32). The summed E-state index contributed by atoms with van der Waals surface area (Å²) in [6, 6.07) is 11.6. The zero-order valence-corrected chi connectivity index (χ0v) is 21.6. The Balaban J connectivity index is 1.74. The Hall–Kier alpha value is -3.59. The molecule has 0 atom stereocenters. The average Bonchev–Trinajstić information content (AvgIpc) is 3.29. The molecule has 2 aromatic heterocycles. The van der Waals surface area contributed by atoms with Crippen LogP contribution >= 0.6 is 0 Å². The van der Waals surface area contributed by atoms with Crippen molar-refractivity contribution in [3.8, 4) is 11.1 Å². The lowest BCUT2D eigenvalue weighted by atomic mass is 9.97. The van der Waals surface area contributed by atoms with Crippen LogP contribution in [0.4, 0.5) is 10.3 Å². The molecule has 2 aromatic carbocycles. The van der Waals surface area contributed by atoms with E-state index < -0.39 is 15.8 Å². The predicted octanol–water partition coefficient (Wildman–Crippen LogP) is 5.65. The number of anilines is 1. The van der Waals surface area contributed by atoms with Gasteiger partial charge < -0.3 is 4.57 Å². The first kappa shape index (κ1) is 25.5. The van der Waals surface area contributed by atoms with E-state index in [1.165, 1.54) is 18.5 Å². The molecule has 0 aliphatic heterocycles. The first-order valence-electron chi connectivity index (χ1n) is 11.9.